The number of aromatic nitrogens is 3. The number of benzene rings is 1. The highest BCUT2D eigenvalue weighted by molar-refractivity contribution is 7.99. The number of carbonyl (C=O) groups excluding carboxylic acids is 1. The summed E-state index contributed by atoms with van der Waals surface area (Å²) in [7, 11) is 0. The van der Waals surface area contributed by atoms with Gasteiger partial charge in [-0.3, -0.25) is 9.36 Å². The number of hydrogen-bond donors (Lipinski definition) is 1. The quantitative estimate of drug-likeness (QED) is 0.768. The molecule has 1 aromatic heterocycles. The van der Waals surface area contributed by atoms with E-state index in [1.165, 1.54) is 24.2 Å². The van der Waals surface area contributed by atoms with Gasteiger partial charge in [-0.15, -0.1) is 10.2 Å². The van der Waals surface area contributed by atoms with Crippen LogP contribution in [0.25, 0.3) is 11.4 Å². The Hall–Kier alpha value is -1.89. The van der Waals surface area contributed by atoms with E-state index in [4.69, 9.17) is 0 Å². The van der Waals surface area contributed by atoms with Crippen molar-refractivity contribution in [2.75, 3.05) is 5.75 Å². The standard InChI is InChI=1S/C19H25FN4OS/c1-13(2)21-17(25)12-26-19-23-22-18(15-10-6-7-11-16(15)20)24(19)14-8-4-3-5-9-14/h6-7,10-11,13-14H,3-5,8-9,12H2,1-2H3,(H,21,25). The fourth-order valence-corrected chi connectivity index (χ4v) is 4.18. The molecule has 0 spiro atoms. The van der Waals surface area contributed by atoms with E-state index < -0.39 is 0 Å². The van der Waals surface area contributed by atoms with E-state index in [0.29, 0.717) is 16.5 Å². The molecule has 1 heterocycles. The van der Waals surface area contributed by atoms with E-state index in [-0.39, 0.29) is 29.6 Å². The Kier molecular flexibility index (Phi) is 6.29. The van der Waals surface area contributed by atoms with Crippen molar-refractivity contribution >= 4 is 17.7 Å². The van der Waals surface area contributed by atoms with Gasteiger partial charge in [0.15, 0.2) is 11.0 Å². The van der Waals surface area contributed by atoms with Crippen molar-refractivity contribution in [1.82, 2.24) is 20.1 Å². The van der Waals surface area contributed by atoms with Crippen LogP contribution in [0.3, 0.4) is 0 Å². The van der Waals surface area contributed by atoms with E-state index in [2.05, 4.69) is 15.5 Å². The average molecular weight is 377 g/mol. The van der Waals surface area contributed by atoms with Gasteiger partial charge < -0.3 is 5.32 Å². The van der Waals surface area contributed by atoms with Crippen LogP contribution >= 0.6 is 11.8 Å². The highest BCUT2D eigenvalue weighted by Gasteiger charge is 2.25. The molecule has 1 aromatic carbocycles. The molecule has 1 fully saturated rings. The van der Waals surface area contributed by atoms with Crippen LogP contribution < -0.4 is 5.32 Å². The maximum atomic E-state index is 14.3. The molecule has 1 aliphatic carbocycles. The van der Waals surface area contributed by atoms with E-state index in [0.717, 1.165) is 25.7 Å². The van der Waals surface area contributed by atoms with Crippen molar-refractivity contribution in [3.8, 4) is 11.4 Å². The lowest BCUT2D eigenvalue weighted by Gasteiger charge is -2.25. The Morgan fingerprint density at radius 3 is 2.69 bits per heavy atom. The molecule has 0 bridgehead atoms. The van der Waals surface area contributed by atoms with Crippen molar-refractivity contribution in [1.29, 1.82) is 0 Å². The van der Waals surface area contributed by atoms with Crippen molar-refractivity contribution in [3.05, 3.63) is 30.1 Å². The van der Waals surface area contributed by atoms with Gasteiger partial charge >= 0.3 is 0 Å². The van der Waals surface area contributed by atoms with Gasteiger partial charge in [-0.2, -0.15) is 0 Å². The van der Waals surface area contributed by atoms with Crippen LogP contribution in [0.4, 0.5) is 4.39 Å². The first-order valence-corrected chi connectivity index (χ1v) is 10.2. The lowest BCUT2D eigenvalue weighted by molar-refractivity contribution is -0.119. The molecule has 7 heteroatoms. The highest BCUT2D eigenvalue weighted by Crippen LogP contribution is 2.36. The summed E-state index contributed by atoms with van der Waals surface area (Å²) in [5.74, 6) is 0.504. The monoisotopic (exact) mass is 376 g/mol. The Balaban J connectivity index is 1.89. The molecule has 1 amide bonds. The number of amides is 1. The second kappa shape index (κ2) is 8.66. The molecular weight excluding hydrogens is 351 g/mol. The van der Waals surface area contributed by atoms with Gasteiger partial charge in [-0.1, -0.05) is 43.2 Å². The summed E-state index contributed by atoms with van der Waals surface area (Å²) in [5.41, 5.74) is 0.462. The summed E-state index contributed by atoms with van der Waals surface area (Å²) >= 11 is 1.37. The first-order chi connectivity index (χ1) is 12.6. The summed E-state index contributed by atoms with van der Waals surface area (Å²) < 4.78 is 16.4. The molecule has 0 atom stereocenters. The number of nitrogens with one attached hydrogen (secondary N) is 1. The number of thioether (sulfide) groups is 1. The molecule has 1 aliphatic rings. The summed E-state index contributed by atoms with van der Waals surface area (Å²) in [6.07, 6.45) is 5.60. The first-order valence-electron chi connectivity index (χ1n) is 9.18. The van der Waals surface area contributed by atoms with Crippen LogP contribution in [-0.2, 0) is 4.79 Å². The average Bonchev–Trinajstić information content (AvgIpc) is 3.04. The molecule has 3 rings (SSSR count). The van der Waals surface area contributed by atoms with E-state index >= 15 is 0 Å². The molecule has 1 saturated carbocycles. The minimum atomic E-state index is -0.300. The predicted molar refractivity (Wildman–Crippen MR) is 102 cm³/mol. The van der Waals surface area contributed by atoms with Gasteiger partial charge in [0, 0.05) is 12.1 Å². The van der Waals surface area contributed by atoms with Crippen LogP contribution in [0.1, 0.15) is 52.0 Å². The third-order valence-corrected chi connectivity index (χ3v) is 5.44. The van der Waals surface area contributed by atoms with Crippen molar-refractivity contribution < 1.29 is 9.18 Å². The molecule has 0 aliphatic heterocycles. The molecule has 0 saturated heterocycles. The zero-order valence-corrected chi connectivity index (χ0v) is 16.1. The smallest absolute Gasteiger partial charge is 0.230 e. The normalized spacial score (nSPS) is 15.4. The summed E-state index contributed by atoms with van der Waals surface area (Å²) in [6, 6.07) is 7.02. The molecule has 0 radical (unpaired) electrons. The minimum absolute atomic E-state index is 0.0318. The van der Waals surface area contributed by atoms with Crippen LogP contribution in [0.15, 0.2) is 29.4 Å². The summed E-state index contributed by atoms with van der Waals surface area (Å²) in [5, 5.41) is 12.1. The van der Waals surface area contributed by atoms with Crippen molar-refractivity contribution in [3.63, 3.8) is 0 Å². The lowest BCUT2D eigenvalue weighted by Crippen LogP contribution is -2.31. The number of nitrogens with zero attached hydrogens (tertiary/aromatic N) is 3. The van der Waals surface area contributed by atoms with Crippen LogP contribution in [-0.4, -0.2) is 32.5 Å². The number of rotatable bonds is 6. The summed E-state index contributed by atoms with van der Waals surface area (Å²) in [6.45, 7) is 3.87. The van der Waals surface area contributed by atoms with Gasteiger partial charge in [0.05, 0.1) is 11.3 Å². The second-order valence-electron chi connectivity index (χ2n) is 6.96. The van der Waals surface area contributed by atoms with Gasteiger partial charge in [-0.25, -0.2) is 4.39 Å². The number of halogens is 1. The third-order valence-electron chi connectivity index (χ3n) is 4.50. The van der Waals surface area contributed by atoms with E-state index in [9.17, 15) is 9.18 Å². The lowest BCUT2D eigenvalue weighted by atomic mass is 9.95. The molecule has 5 nitrogen and oxygen atoms in total. The topological polar surface area (TPSA) is 59.8 Å². The first kappa shape index (κ1) is 18.9. The molecule has 2 aromatic rings. The Labute approximate surface area is 157 Å². The number of carbonyl (C=O) groups is 1. The van der Waals surface area contributed by atoms with E-state index in [1.807, 2.05) is 18.4 Å². The minimum Gasteiger partial charge on any atom is -0.353 e. The Bertz CT molecular complexity index is 756. The molecule has 0 unspecified atom stereocenters. The second-order valence-corrected chi connectivity index (χ2v) is 7.90. The van der Waals surface area contributed by atoms with Gasteiger partial charge in [0.2, 0.25) is 5.91 Å². The van der Waals surface area contributed by atoms with Crippen LogP contribution in [0.2, 0.25) is 0 Å². The highest BCUT2D eigenvalue weighted by atomic mass is 32.2. The van der Waals surface area contributed by atoms with Crippen LogP contribution in [0, 0.1) is 5.82 Å². The van der Waals surface area contributed by atoms with Gasteiger partial charge in [0.1, 0.15) is 5.82 Å². The Morgan fingerprint density at radius 2 is 2.00 bits per heavy atom. The Morgan fingerprint density at radius 1 is 1.27 bits per heavy atom. The molecule has 26 heavy (non-hydrogen) atoms. The third kappa shape index (κ3) is 4.44. The zero-order chi connectivity index (χ0) is 18.5. The predicted octanol–water partition coefficient (Wildman–Crippen LogP) is 4.21. The maximum absolute atomic E-state index is 14.3. The fourth-order valence-electron chi connectivity index (χ4n) is 3.36. The van der Waals surface area contributed by atoms with Crippen molar-refractivity contribution in [2.45, 2.75) is 63.2 Å². The van der Waals surface area contributed by atoms with Crippen molar-refractivity contribution in [2.24, 2.45) is 0 Å². The summed E-state index contributed by atoms with van der Waals surface area (Å²) in [4.78, 5) is 12.0. The van der Waals surface area contributed by atoms with Crippen LogP contribution in [0.5, 0.6) is 0 Å². The largest absolute Gasteiger partial charge is 0.353 e. The van der Waals surface area contributed by atoms with Gasteiger partial charge in [-0.05, 0) is 38.8 Å². The number of hydrogen-bond acceptors (Lipinski definition) is 4. The molecule has 1 N–H and O–H groups in total. The maximum Gasteiger partial charge on any atom is 0.230 e. The molecule has 140 valence electrons. The molecular formula is C19H25FN4OS. The zero-order valence-electron chi connectivity index (χ0n) is 15.2. The van der Waals surface area contributed by atoms with E-state index in [1.54, 1.807) is 18.2 Å². The van der Waals surface area contributed by atoms with Gasteiger partial charge in [0.25, 0.3) is 0 Å². The fraction of sp³-hybridized carbons (Fsp3) is 0.526. The SMILES string of the molecule is CC(C)NC(=O)CSc1nnc(-c2ccccc2F)n1C1CCCCC1.